The second kappa shape index (κ2) is 6.34. The number of amides is 2. The van der Waals surface area contributed by atoms with E-state index in [0.717, 1.165) is 17.3 Å². The van der Waals surface area contributed by atoms with E-state index in [2.05, 4.69) is 40.0 Å². The predicted molar refractivity (Wildman–Crippen MR) is 81.9 cm³/mol. The van der Waals surface area contributed by atoms with Crippen molar-refractivity contribution >= 4 is 22.6 Å². The van der Waals surface area contributed by atoms with Crippen molar-refractivity contribution in [1.82, 2.24) is 15.6 Å². The van der Waals surface area contributed by atoms with E-state index in [9.17, 15) is 4.79 Å². The number of aryl methyl sites for hydroxylation is 1. The molecule has 2 amide bonds. The monoisotopic (exact) mass is 272 g/mol. The maximum absolute atomic E-state index is 11.6. The highest BCUT2D eigenvalue weighted by Crippen LogP contribution is 2.24. The van der Waals surface area contributed by atoms with E-state index in [1.54, 1.807) is 0 Å². The molecule has 0 atom stereocenters. The molecule has 20 heavy (non-hydrogen) atoms. The van der Waals surface area contributed by atoms with Gasteiger partial charge in [-0.3, -0.25) is 5.32 Å². The van der Waals surface area contributed by atoms with Crippen LogP contribution in [0.1, 0.15) is 18.1 Å². The molecular formula is C15H20N4O. The zero-order valence-corrected chi connectivity index (χ0v) is 12.1. The quantitative estimate of drug-likeness (QED) is 0.800. The molecule has 3 N–H and O–H groups in total. The second-order valence-electron chi connectivity index (χ2n) is 4.67. The van der Waals surface area contributed by atoms with Crippen molar-refractivity contribution in [2.75, 3.05) is 18.9 Å². The highest BCUT2D eigenvalue weighted by molar-refractivity contribution is 5.94. The third-order valence-electron chi connectivity index (χ3n) is 3.16. The highest BCUT2D eigenvalue weighted by atomic mass is 16.2. The zero-order chi connectivity index (χ0) is 14.5. The standard InChI is InChI=1S/C15H20N4O/c1-4-17-15(20)19-14-7-12-11(8-16-3)6-5-10(2)13(12)9-18-14/h5-7,9,16H,4,8H2,1-3H3,(H2,17,18,19,20). The molecule has 2 rings (SSSR count). The van der Waals surface area contributed by atoms with Crippen LogP contribution in [0.4, 0.5) is 10.6 Å². The average molecular weight is 272 g/mol. The number of benzene rings is 1. The number of fused-ring (bicyclic) bond motifs is 1. The summed E-state index contributed by atoms with van der Waals surface area (Å²) in [5.74, 6) is 0.561. The molecule has 5 heteroatoms. The molecule has 0 fully saturated rings. The number of nitrogens with one attached hydrogen (secondary N) is 3. The number of hydrogen-bond acceptors (Lipinski definition) is 3. The number of rotatable bonds is 4. The maximum Gasteiger partial charge on any atom is 0.320 e. The van der Waals surface area contributed by atoms with Crippen LogP contribution >= 0.6 is 0 Å². The van der Waals surface area contributed by atoms with Crippen LogP contribution in [0.5, 0.6) is 0 Å². The minimum atomic E-state index is -0.234. The molecule has 0 radical (unpaired) electrons. The summed E-state index contributed by atoms with van der Waals surface area (Å²) in [4.78, 5) is 15.9. The number of nitrogens with zero attached hydrogens (tertiary/aromatic N) is 1. The Morgan fingerprint density at radius 3 is 2.80 bits per heavy atom. The third kappa shape index (κ3) is 3.05. The Labute approximate surface area is 118 Å². The van der Waals surface area contributed by atoms with Crippen LogP contribution in [-0.4, -0.2) is 24.6 Å². The van der Waals surface area contributed by atoms with Crippen molar-refractivity contribution in [2.45, 2.75) is 20.4 Å². The first kappa shape index (κ1) is 14.3. The van der Waals surface area contributed by atoms with E-state index >= 15 is 0 Å². The van der Waals surface area contributed by atoms with Crippen molar-refractivity contribution in [2.24, 2.45) is 0 Å². The first-order valence-corrected chi connectivity index (χ1v) is 6.73. The van der Waals surface area contributed by atoms with Gasteiger partial charge in [0, 0.05) is 24.7 Å². The van der Waals surface area contributed by atoms with Gasteiger partial charge in [-0.05, 0) is 43.5 Å². The summed E-state index contributed by atoms with van der Waals surface area (Å²) in [7, 11) is 1.92. The molecule has 0 spiro atoms. The molecule has 0 unspecified atom stereocenters. The molecule has 0 aliphatic carbocycles. The summed E-state index contributed by atoms with van der Waals surface area (Å²) < 4.78 is 0. The van der Waals surface area contributed by atoms with Gasteiger partial charge in [0.1, 0.15) is 5.82 Å². The lowest BCUT2D eigenvalue weighted by atomic mass is 10.0. The number of aromatic nitrogens is 1. The van der Waals surface area contributed by atoms with Crippen molar-refractivity contribution in [1.29, 1.82) is 0 Å². The zero-order valence-electron chi connectivity index (χ0n) is 12.1. The molecule has 1 heterocycles. The van der Waals surface area contributed by atoms with Crippen molar-refractivity contribution in [3.05, 3.63) is 35.5 Å². The largest absolute Gasteiger partial charge is 0.338 e. The summed E-state index contributed by atoms with van der Waals surface area (Å²) in [6, 6.07) is 5.88. The van der Waals surface area contributed by atoms with Crippen molar-refractivity contribution in [3.63, 3.8) is 0 Å². The van der Waals surface area contributed by atoms with Crippen LogP contribution < -0.4 is 16.0 Å². The van der Waals surface area contributed by atoms with Gasteiger partial charge < -0.3 is 10.6 Å². The minimum Gasteiger partial charge on any atom is -0.338 e. The Bertz CT molecular complexity index is 625. The van der Waals surface area contributed by atoms with E-state index in [1.165, 1.54) is 11.1 Å². The van der Waals surface area contributed by atoms with Crippen LogP contribution in [-0.2, 0) is 6.54 Å². The summed E-state index contributed by atoms with van der Waals surface area (Å²) in [6.45, 7) is 5.30. The van der Waals surface area contributed by atoms with Crippen LogP contribution in [0.3, 0.4) is 0 Å². The number of anilines is 1. The molecule has 0 bridgehead atoms. The molecule has 1 aromatic heterocycles. The molecule has 1 aromatic carbocycles. The van der Waals surface area contributed by atoms with Crippen molar-refractivity contribution in [3.8, 4) is 0 Å². The minimum absolute atomic E-state index is 0.234. The van der Waals surface area contributed by atoms with E-state index < -0.39 is 0 Å². The first-order valence-electron chi connectivity index (χ1n) is 6.73. The number of carbonyl (C=O) groups is 1. The number of urea groups is 1. The van der Waals surface area contributed by atoms with Crippen LogP contribution in [0.2, 0.25) is 0 Å². The highest BCUT2D eigenvalue weighted by Gasteiger charge is 2.07. The fourth-order valence-electron chi connectivity index (χ4n) is 2.17. The van der Waals surface area contributed by atoms with Crippen LogP contribution in [0, 0.1) is 6.92 Å². The van der Waals surface area contributed by atoms with Crippen LogP contribution in [0.15, 0.2) is 24.4 Å². The van der Waals surface area contributed by atoms with E-state index in [4.69, 9.17) is 0 Å². The molecule has 0 saturated carbocycles. The first-order chi connectivity index (χ1) is 9.65. The molecule has 0 aliphatic heterocycles. The number of hydrogen-bond donors (Lipinski definition) is 3. The van der Waals surface area contributed by atoms with Crippen LogP contribution in [0.25, 0.3) is 10.8 Å². The Hall–Kier alpha value is -2.14. The fraction of sp³-hybridized carbons (Fsp3) is 0.333. The van der Waals surface area contributed by atoms with Gasteiger partial charge in [-0.15, -0.1) is 0 Å². The van der Waals surface area contributed by atoms with E-state index in [0.29, 0.717) is 12.4 Å². The topological polar surface area (TPSA) is 66.1 Å². The molecular weight excluding hydrogens is 252 g/mol. The van der Waals surface area contributed by atoms with E-state index in [1.807, 2.05) is 26.2 Å². The summed E-state index contributed by atoms with van der Waals surface area (Å²) >= 11 is 0. The summed E-state index contributed by atoms with van der Waals surface area (Å²) in [6.07, 6.45) is 1.81. The van der Waals surface area contributed by atoms with Gasteiger partial charge in [-0.25, -0.2) is 9.78 Å². The molecule has 0 saturated heterocycles. The lowest BCUT2D eigenvalue weighted by Gasteiger charge is -2.11. The van der Waals surface area contributed by atoms with Gasteiger partial charge in [0.2, 0.25) is 0 Å². The Morgan fingerprint density at radius 1 is 1.30 bits per heavy atom. The summed E-state index contributed by atoms with van der Waals surface area (Å²) in [5, 5.41) is 10.8. The molecule has 0 aliphatic rings. The van der Waals surface area contributed by atoms with Gasteiger partial charge in [0.05, 0.1) is 0 Å². The SMILES string of the molecule is CCNC(=O)Nc1cc2c(CNC)ccc(C)c2cn1. The summed E-state index contributed by atoms with van der Waals surface area (Å²) in [5.41, 5.74) is 2.37. The predicted octanol–water partition coefficient (Wildman–Crippen LogP) is 2.40. The third-order valence-corrected chi connectivity index (χ3v) is 3.16. The lowest BCUT2D eigenvalue weighted by Crippen LogP contribution is -2.28. The smallest absolute Gasteiger partial charge is 0.320 e. The van der Waals surface area contributed by atoms with Crippen molar-refractivity contribution < 1.29 is 4.79 Å². The molecule has 5 nitrogen and oxygen atoms in total. The van der Waals surface area contributed by atoms with Gasteiger partial charge in [0.25, 0.3) is 0 Å². The van der Waals surface area contributed by atoms with Gasteiger partial charge in [-0.2, -0.15) is 0 Å². The average Bonchev–Trinajstić information content (AvgIpc) is 2.42. The second-order valence-corrected chi connectivity index (χ2v) is 4.67. The number of pyridine rings is 1. The Morgan fingerprint density at radius 2 is 2.10 bits per heavy atom. The Balaban J connectivity index is 2.40. The van der Waals surface area contributed by atoms with Gasteiger partial charge >= 0.3 is 6.03 Å². The lowest BCUT2D eigenvalue weighted by molar-refractivity contribution is 0.252. The maximum atomic E-state index is 11.6. The number of carbonyl (C=O) groups excluding carboxylic acids is 1. The van der Waals surface area contributed by atoms with Gasteiger partial charge in [-0.1, -0.05) is 12.1 Å². The Kier molecular flexibility index (Phi) is 4.53. The van der Waals surface area contributed by atoms with E-state index in [-0.39, 0.29) is 6.03 Å². The molecule has 2 aromatic rings. The fourth-order valence-corrected chi connectivity index (χ4v) is 2.17. The molecule has 106 valence electrons. The van der Waals surface area contributed by atoms with Gasteiger partial charge in [0.15, 0.2) is 0 Å². The normalized spacial score (nSPS) is 10.6.